The number of piperidine rings is 1. The maximum atomic E-state index is 6.02. The minimum atomic E-state index is 0.272. The number of benzene rings is 2. The van der Waals surface area contributed by atoms with Crippen LogP contribution in [0.4, 0.5) is 5.82 Å². The smallest absolute Gasteiger partial charge is 0.200 e. The second-order valence-electron chi connectivity index (χ2n) is 6.66. The van der Waals surface area contributed by atoms with Crippen LogP contribution in [-0.2, 0) is 0 Å². The molecule has 0 saturated carbocycles. The highest BCUT2D eigenvalue weighted by atomic mass is 79.9. The molecule has 130 valence electrons. The van der Waals surface area contributed by atoms with Crippen LogP contribution in [-0.4, -0.2) is 28.0 Å². The Morgan fingerprint density at radius 3 is 2.92 bits per heavy atom. The number of para-hydroxylation sites is 2. The van der Waals surface area contributed by atoms with Gasteiger partial charge in [0.2, 0.25) is 0 Å². The van der Waals surface area contributed by atoms with Crippen molar-refractivity contribution in [2.75, 3.05) is 18.0 Å². The Balaban J connectivity index is 1.50. The van der Waals surface area contributed by atoms with Gasteiger partial charge in [0.15, 0.2) is 11.5 Å². The van der Waals surface area contributed by atoms with Crippen molar-refractivity contribution >= 4 is 43.8 Å². The summed E-state index contributed by atoms with van der Waals surface area (Å²) >= 11 is 3.56. The van der Waals surface area contributed by atoms with Gasteiger partial charge in [0.1, 0.15) is 17.7 Å². The molecule has 1 fully saturated rings. The highest BCUT2D eigenvalue weighted by Gasteiger charge is 2.27. The molecule has 5 nitrogen and oxygen atoms in total. The predicted octanol–water partition coefficient (Wildman–Crippen LogP) is 4.92. The van der Waals surface area contributed by atoms with Gasteiger partial charge >= 0.3 is 0 Å². The zero-order valence-electron chi connectivity index (χ0n) is 14.1. The lowest BCUT2D eigenvalue weighted by atomic mass is 9.97. The minimum Gasteiger partial charge on any atom is -0.440 e. The van der Waals surface area contributed by atoms with Crippen molar-refractivity contribution in [3.63, 3.8) is 0 Å². The Hall–Kier alpha value is -2.47. The van der Waals surface area contributed by atoms with Crippen LogP contribution in [0.25, 0.3) is 22.0 Å². The fourth-order valence-corrected chi connectivity index (χ4v) is 4.06. The van der Waals surface area contributed by atoms with E-state index in [-0.39, 0.29) is 5.92 Å². The van der Waals surface area contributed by atoms with Gasteiger partial charge in [-0.15, -0.1) is 0 Å². The van der Waals surface area contributed by atoms with Gasteiger partial charge in [-0.1, -0.05) is 28.1 Å². The number of halogens is 1. The van der Waals surface area contributed by atoms with E-state index >= 15 is 0 Å². The highest BCUT2D eigenvalue weighted by molar-refractivity contribution is 9.10. The number of anilines is 1. The van der Waals surface area contributed by atoms with E-state index in [0.29, 0.717) is 0 Å². The molecule has 0 aliphatic carbocycles. The molecule has 3 heterocycles. The number of rotatable bonds is 2. The van der Waals surface area contributed by atoms with Crippen LogP contribution in [0.15, 0.2) is 57.7 Å². The second-order valence-corrected chi connectivity index (χ2v) is 7.58. The Morgan fingerprint density at radius 2 is 2.00 bits per heavy atom. The Kier molecular flexibility index (Phi) is 3.85. The molecular formula is C20H17BrN4O. The average Bonchev–Trinajstić information content (AvgIpc) is 3.12. The monoisotopic (exact) mass is 408 g/mol. The third-order valence-corrected chi connectivity index (χ3v) is 5.45. The molecule has 26 heavy (non-hydrogen) atoms. The third kappa shape index (κ3) is 2.74. The summed E-state index contributed by atoms with van der Waals surface area (Å²) in [7, 11) is 0. The number of oxazole rings is 1. The molecule has 5 rings (SSSR count). The molecule has 1 aliphatic heterocycles. The van der Waals surface area contributed by atoms with E-state index in [1.54, 1.807) is 6.33 Å². The molecule has 0 spiro atoms. The summed E-state index contributed by atoms with van der Waals surface area (Å²) in [5.74, 6) is 2.08. The number of fused-ring (bicyclic) bond motifs is 2. The molecule has 1 aliphatic rings. The van der Waals surface area contributed by atoms with E-state index in [0.717, 1.165) is 64.1 Å². The van der Waals surface area contributed by atoms with Gasteiger partial charge < -0.3 is 9.32 Å². The van der Waals surface area contributed by atoms with E-state index in [4.69, 9.17) is 9.40 Å². The van der Waals surface area contributed by atoms with Crippen molar-refractivity contribution in [2.45, 2.75) is 18.8 Å². The summed E-state index contributed by atoms with van der Waals surface area (Å²) < 4.78 is 7.06. The maximum absolute atomic E-state index is 6.02. The molecule has 0 amide bonds. The Labute approximate surface area is 159 Å². The first-order valence-electron chi connectivity index (χ1n) is 8.78. The van der Waals surface area contributed by atoms with E-state index in [1.807, 2.05) is 36.4 Å². The van der Waals surface area contributed by atoms with Gasteiger partial charge in [-0.2, -0.15) is 0 Å². The molecule has 0 radical (unpaired) electrons. The van der Waals surface area contributed by atoms with Gasteiger partial charge in [-0.05, 0) is 43.2 Å². The van der Waals surface area contributed by atoms with Gasteiger partial charge in [0.25, 0.3) is 0 Å². The molecule has 1 unspecified atom stereocenters. The number of aromatic nitrogens is 3. The number of hydrogen-bond acceptors (Lipinski definition) is 5. The summed E-state index contributed by atoms with van der Waals surface area (Å²) in [5, 5.41) is 1.07. The second kappa shape index (κ2) is 6.36. The molecule has 0 N–H and O–H groups in total. The summed E-state index contributed by atoms with van der Waals surface area (Å²) in [6.45, 7) is 1.83. The average molecular weight is 409 g/mol. The van der Waals surface area contributed by atoms with Crippen molar-refractivity contribution < 1.29 is 4.42 Å². The highest BCUT2D eigenvalue weighted by Crippen LogP contribution is 2.33. The molecular weight excluding hydrogens is 392 g/mol. The maximum Gasteiger partial charge on any atom is 0.200 e. The minimum absolute atomic E-state index is 0.272. The molecule has 0 bridgehead atoms. The van der Waals surface area contributed by atoms with Crippen LogP contribution >= 0.6 is 15.9 Å². The predicted molar refractivity (Wildman–Crippen MR) is 105 cm³/mol. The Bertz CT molecular complexity index is 1060. The van der Waals surface area contributed by atoms with Crippen LogP contribution in [0, 0.1) is 0 Å². The number of hydrogen-bond donors (Lipinski definition) is 0. The first-order valence-corrected chi connectivity index (χ1v) is 9.58. The van der Waals surface area contributed by atoms with Gasteiger partial charge in [0.05, 0.1) is 11.4 Å². The van der Waals surface area contributed by atoms with Crippen molar-refractivity contribution in [3.8, 4) is 0 Å². The van der Waals surface area contributed by atoms with Gasteiger partial charge in [-0.3, -0.25) is 0 Å². The zero-order chi connectivity index (χ0) is 17.5. The molecule has 6 heteroatoms. The van der Waals surface area contributed by atoms with Crippen LogP contribution in [0.3, 0.4) is 0 Å². The molecule has 1 saturated heterocycles. The van der Waals surface area contributed by atoms with Crippen molar-refractivity contribution in [3.05, 3.63) is 59.2 Å². The van der Waals surface area contributed by atoms with Crippen LogP contribution in [0.2, 0.25) is 0 Å². The van der Waals surface area contributed by atoms with Crippen molar-refractivity contribution in [1.29, 1.82) is 0 Å². The largest absolute Gasteiger partial charge is 0.440 e. The van der Waals surface area contributed by atoms with E-state index < -0.39 is 0 Å². The van der Waals surface area contributed by atoms with Gasteiger partial charge in [0, 0.05) is 22.9 Å². The molecule has 2 aromatic heterocycles. The summed E-state index contributed by atoms with van der Waals surface area (Å²) in [6.07, 6.45) is 3.81. The first kappa shape index (κ1) is 15.8. The SMILES string of the molecule is Brc1ccc2ncnc(N3CCCC(c4nc5ccccc5o4)C3)c2c1. The Morgan fingerprint density at radius 1 is 1.08 bits per heavy atom. The standard InChI is InChI=1S/C20H17BrN4O/c21-14-7-8-16-15(10-14)19(23-12-22-16)25-9-3-4-13(11-25)20-24-17-5-1-2-6-18(17)26-20/h1-2,5-8,10,12-13H,3-4,9,11H2. The fraction of sp³-hybridized carbons (Fsp3) is 0.250. The summed E-state index contributed by atoms with van der Waals surface area (Å²) in [6, 6.07) is 14.1. The summed E-state index contributed by atoms with van der Waals surface area (Å²) in [4.78, 5) is 16.0. The fourth-order valence-electron chi connectivity index (χ4n) is 3.70. The quantitative estimate of drug-likeness (QED) is 0.471. The van der Waals surface area contributed by atoms with Crippen LogP contribution in [0.1, 0.15) is 24.7 Å². The number of nitrogens with zero attached hydrogens (tertiary/aromatic N) is 4. The van der Waals surface area contributed by atoms with Crippen molar-refractivity contribution in [2.24, 2.45) is 0 Å². The lowest BCUT2D eigenvalue weighted by Crippen LogP contribution is -2.35. The first-order chi connectivity index (χ1) is 12.8. The zero-order valence-corrected chi connectivity index (χ0v) is 15.7. The lowest BCUT2D eigenvalue weighted by Gasteiger charge is -2.32. The lowest BCUT2D eigenvalue weighted by molar-refractivity contribution is 0.412. The van der Waals surface area contributed by atoms with E-state index in [2.05, 4.69) is 36.9 Å². The van der Waals surface area contributed by atoms with Crippen LogP contribution < -0.4 is 4.90 Å². The topological polar surface area (TPSA) is 55.1 Å². The molecule has 2 aromatic carbocycles. The third-order valence-electron chi connectivity index (χ3n) is 4.96. The van der Waals surface area contributed by atoms with E-state index in [9.17, 15) is 0 Å². The van der Waals surface area contributed by atoms with E-state index in [1.165, 1.54) is 0 Å². The normalized spacial score (nSPS) is 17.9. The summed E-state index contributed by atoms with van der Waals surface area (Å²) in [5.41, 5.74) is 2.74. The van der Waals surface area contributed by atoms with Gasteiger partial charge in [-0.25, -0.2) is 15.0 Å². The molecule has 1 atom stereocenters. The van der Waals surface area contributed by atoms with Crippen LogP contribution in [0.5, 0.6) is 0 Å². The van der Waals surface area contributed by atoms with Crippen molar-refractivity contribution in [1.82, 2.24) is 15.0 Å². The molecule has 4 aromatic rings.